The summed E-state index contributed by atoms with van der Waals surface area (Å²) in [5, 5.41) is 6.95. The second kappa shape index (κ2) is 8.47. The molecule has 2 aromatic rings. The lowest BCUT2D eigenvalue weighted by Gasteiger charge is -2.27. The van der Waals surface area contributed by atoms with Gasteiger partial charge in [-0.15, -0.1) is 0 Å². The summed E-state index contributed by atoms with van der Waals surface area (Å²) in [6, 6.07) is 15.0. The molecular formula is C21H23ClN2O2. The highest BCUT2D eigenvalue weighted by molar-refractivity contribution is 6.30. The largest absolute Gasteiger partial charge is 0.346 e. The average Bonchev–Trinajstić information content (AvgIpc) is 2.63. The molecule has 0 aliphatic carbocycles. The summed E-state index contributed by atoms with van der Waals surface area (Å²) >= 11 is 5.90. The summed E-state index contributed by atoms with van der Waals surface area (Å²) in [4.78, 5) is 24.5. The molecule has 0 saturated carbocycles. The van der Waals surface area contributed by atoms with Crippen molar-refractivity contribution < 1.29 is 9.59 Å². The molecule has 2 N–H and O–H groups in total. The lowest BCUT2D eigenvalue weighted by Crippen LogP contribution is -2.43. The van der Waals surface area contributed by atoms with E-state index in [-0.39, 0.29) is 17.7 Å². The lowest BCUT2D eigenvalue weighted by atomic mass is 9.92. The lowest BCUT2D eigenvalue weighted by molar-refractivity contribution is -0.127. The van der Waals surface area contributed by atoms with Crippen LogP contribution in [0.3, 0.4) is 0 Å². The van der Waals surface area contributed by atoms with Gasteiger partial charge in [0.1, 0.15) is 0 Å². The molecule has 1 heterocycles. The molecule has 0 fully saturated rings. The van der Waals surface area contributed by atoms with Crippen LogP contribution in [0.2, 0.25) is 5.02 Å². The molecule has 0 saturated heterocycles. The van der Waals surface area contributed by atoms with Crippen molar-refractivity contribution in [3.63, 3.8) is 0 Å². The molecule has 4 nitrogen and oxygen atoms in total. The summed E-state index contributed by atoms with van der Waals surface area (Å²) in [5.74, 6) is -0.168. The van der Waals surface area contributed by atoms with Gasteiger partial charge in [0.2, 0.25) is 5.91 Å². The number of rotatable bonds is 6. The van der Waals surface area contributed by atoms with E-state index in [1.807, 2.05) is 24.3 Å². The van der Waals surface area contributed by atoms with Crippen molar-refractivity contribution in [1.82, 2.24) is 10.6 Å². The standard InChI is InChI=1S/C21H23ClN2O2/c1-14(25)19(12-15-6-8-17(22)9-7-15)24-21(26)13-20-18-5-3-2-4-16(18)10-11-23-20/h2-9,19-20,23H,10-13H2,1H3,(H,24,26)/t19-,20?/m1/s1. The Hall–Kier alpha value is -2.17. The van der Waals surface area contributed by atoms with E-state index >= 15 is 0 Å². The second-order valence-corrected chi connectivity index (χ2v) is 7.16. The van der Waals surface area contributed by atoms with E-state index in [2.05, 4.69) is 22.8 Å². The molecular weight excluding hydrogens is 348 g/mol. The van der Waals surface area contributed by atoms with Crippen LogP contribution in [0.25, 0.3) is 0 Å². The number of halogens is 1. The number of fused-ring (bicyclic) bond motifs is 1. The molecule has 0 aromatic heterocycles. The normalized spacial score (nSPS) is 17.2. The third kappa shape index (κ3) is 4.71. The molecule has 1 amide bonds. The topological polar surface area (TPSA) is 58.2 Å². The van der Waals surface area contributed by atoms with Crippen molar-refractivity contribution in [1.29, 1.82) is 0 Å². The molecule has 1 aliphatic rings. The first-order valence-corrected chi connectivity index (χ1v) is 9.26. The van der Waals surface area contributed by atoms with Crippen LogP contribution in [-0.2, 0) is 22.4 Å². The zero-order valence-electron chi connectivity index (χ0n) is 14.8. The Morgan fingerprint density at radius 2 is 1.92 bits per heavy atom. The number of amides is 1. The number of Topliss-reactive ketones (excluding diaryl/α,β-unsaturated/α-hetero) is 1. The number of nitrogens with one attached hydrogen (secondary N) is 2. The monoisotopic (exact) mass is 370 g/mol. The van der Waals surface area contributed by atoms with Crippen LogP contribution in [0.4, 0.5) is 0 Å². The van der Waals surface area contributed by atoms with E-state index in [1.54, 1.807) is 12.1 Å². The predicted molar refractivity (Wildman–Crippen MR) is 103 cm³/mol. The molecule has 1 unspecified atom stereocenters. The van der Waals surface area contributed by atoms with Crippen LogP contribution >= 0.6 is 11.6 Å². The molecule has 0 bridgehead atoms. The Bertz CT molecular complexity index is 789. The van der Waals surface area contributed by atoms with Crippen molar-refractivity contribution in [3.8, 4) is 0 Å². The van der Waals surface area contributed by atoms with Crippen LogP contribution in [0.5, 0.6) is 0 Å². The maximum absolute atomic E-state index is 12.6. The van der Waals surface area contributed by atoms with Gasteiger partial charge in [-0.1, -0.05) is 48.0 Å². The molecule has 0 spiro atoms. The molecule has 1 aliphatic heterocycles. The fourth-order valence-electron chi connectivity index (χ4n) is 3.37. The van der Waals surface area contributed by atoms with Gasteiger partial charge in [0.25, 0.3) is 0 Å². The first-order valence-electron chi connectivity index (χ1n) is 8.88. The van der Waals surface area contributed by atoms with Gasteiger partial charge < -0.3 is 10.6 Å². The van der Waals surface area contributed by atoms with Gasteiger partial charge in [-0.25, -0.2) is 0 Å². The van der Waals surface area contributed by atoms with Crippen molar-refractivity contribution in [2.24, 2.45) is 0 Å². The number of ketones is 1. The highest BCUT2D eigenvalue weighted by Crippen LogP contribution is 2.25. The minimum Gasteiger partial charge on any atom is -0.346 e. The van der Waals surface area contributed by atoms with Crippen molar-refractivity contribution in [3.05, 3.63) is 70.2 Å². The van der Waals surface area contributed by atoms with Gasteiger partial charge >= 0.3 is 0 Å². The summed E-state index contributed by atoms with van der Waals surface area (Å²) < 4.78 is 0. The fraction of sp³-hybridized carbons (Fsp3) is 0.333. The number of hydrogen-bond donors (Lipinski definition) is 2. The summed E-state index contributed by atoms with van der Waals surface area (Å²) in [6.07, 6.45) is 1.76. The Balaban J connectivity index is 1.64. The minimum atomic E-state index is -0.525. The zero-order valence-corrected chi connectivity index (χ0v) is 15.6. The quantitative estimate of drug-likeness (QED) is 0.820. The summed E-state index contributed by atoms with van der Waals surface area (Å²) in [7, 11) is 0. The Morgan fingerprint density at radius 3 is 2.65 bits per heavy atom. The molecule has 2 aromatic carbocycles. The molecule has 26 heavy (non-hydrogen) atoms. The van der Waals surface area contributed by atoms with E-state index < -0.39 is 6.04 Å². The van der Waals surface area contributed by atoms with E-state index in [9.17, 15) is 9.59 Å². The summed E-state index contributed by atoms with van der Waals surface area (Å²) in [5.41, 5.74) is 3.43. The SMILES string of the molecule is CC(=O)[C@@H](Cc1ccc(Cl)cc1)NC(=O)CC1NCCc2ccccc21. The van der Waals surface area contributed by atoms with Crippen LogP contribution < -0.4 is 10.6 Å². The minimum absolute atomic E-state index is 0.0110. The van der Waals surface area contributed by atoms with Crippen LogP contribution in [-0.4, -0.2) is 24.3 Å². The van der Waals surface area contributed by atoms with Crippen molar-refractivity contribution in [2.45, 2.75) is 38.3 Å². The molecule has 0 radical (unpaired) electrons. The number of benzene rings is 2. The average molecular weight is 371 g/mol. The first-order chi connectivity index (χ1) is 12.5. The highest BCUT2D eigenvalue weighted by atomic mass is 35.5. The first kappa shape index (κ1) is 18.6. The zero-order chi connectivity index (χ0) is 18.5. The van der Waals surface area contributed by atoms with E-state index in [4.69, 9.17) is 11.6 Å². The molecule has 136 valence electrons. The van der Waals surface area contributed by atoms with E-state index in [1.165, 1.54) is 18.1 Å². The smallest absolute Gasteiger partial charge is 0.222 e. The number of hydrogen-bond acceptors (Lipinski definition) is 3. The molecule has 5 heteroatoms. The van der Waals surface area contributed by atoms with Gasteiger partial charge in [-0.3, -0.25) is 9.59 Å². The second-order valence-electron chi connectivity index (χ2n) is 6.72. The summed E-state index contributed by atoms with van der Waals surface area (Å²) in [6.45, 7) is 2.37. The van der Waals surface area contributed by atoms with Gasteiger partial charge in [-0.2, -0.15) is 0 Å². The molecule has 3 rings (SSSR count). The van der Waals surface area contributed by atoms with E-state index in [0.717, 1.165) is 18.5 Å². The van der Waals surface area contributed by atoms with Crippen LogP contribution in [0.15, 0.2) is 48.5 Å². The van der Waals surface area contributed by atoms with Gasteiger partial charge in [-0.05, 0) is 55.1 Å². The van der Waals surface area contributed by atoms with Gasteiger partial charge in [0, 0.05) is 17.5 Å². The maximum atomic E-state index is 12.6. The Labute approximate surface area is 158 Å². The Kier molecular flexibility index (Phi) is 6.07. The van der Waals surface area contributed by atoms with E-state index in [0.29, 0.717) is 17.9 Å². The highest BCUT2D eigenvalue weighted by Gasteiger charge is 2.24. The van der Waals surface area contributed by atoms with Crippen molar-refractivity contribution in [2.75, 3.05) is 6.54 Å². The Morgan fingerprint density at radius 1 is 1.19 bits per heavy atom. The van der Waals surface area contributed by atoms with Crippen LogP contribution in [0, 0.1) is 0 Å². The fourth-order valence-corrected chi connectivity index (χ4v) is 3.49. The number of carbonyl (C=O) groups is 2. The van der Waals surface area contributed by atoms with Gasteiger partial charge in [0.15, 0.2) is 5.78 Å². The third-order valence-electron chi connectivity index (χ3n) is 4.78. The maximum Gasteiger partial charge on any atom is 0.222 e. The predicted octanol–water partition coefficient (Wildman–Crippen LogP) is 3.23. The van der Waals surface area contributed by atoms with Crippen molar-refractivity contribution >= 4 is 23.3 Å². The number of carbonyl (C=O) groups excluding carboxylic acids is 2. The third-order valence-corrected chi connectivity index (χ3v) is 5.04. The van der Waals surface area contributed by atoms with Gasteiger partial charge in [0.05, 0.1) is 6.04 Å². The van der Waals surface area contributed by atoms with Crippen LogP contribution in [0.1, 0.15) is 36.1 Å². The molecule has 2 atom stereocenters.